The van der Waals surface area contributed by atoms with Gasteiger partial charge in [0.15, 0.2) is 0 Å². The Hall–Kier alpha value is -2.93. The van der Waals surface area contributed by atoms with Crippen molar-refractivity contribution in [2.75, 3.05) is 25.0 Å². The molecule has 124 valence electrons. The molecule has 0 aliphatic carbocycles. The zero-order valence-electron chi connectivity index (χ0n) is 13.1. The number of aromatic amines is 1. The molecule has 2 aromatic rings. The van der Waals surface area contributed by atoms with Crippen molar-refractivity contribution in [3.05, 3.63) is 59.2 Å². The summed E-state index contributed by atoms with van der Waals surface area (Å²) in [6.45, 7) is 1.46. The van der Waals surface area contributed by atoms with E-state index in [-0.39, 0.29) is 17.5 Å². The molecular formula is C17H19N5O2. The smallest absolute Gasteiger partial charge is 0.271 e. The Labute approximate surface area is 139 Å². The molecule has 0 unspecified atom stereocenters. The second-order valence-electron chi connectivity index (χ2n) is 5.57. The van der Waals surface area contributed by atoms with Crippen LogP contribution in [0.4, 0.5) is 5.69 Å². The number of nitrogens with two attached hydrogens (primary N) is 1. The maximum Gasteiger partial charge on any atom is 0.271 e. The Morgan fingerprint density at radius 2 is 2.29 bits per heavy atom. The van der Waals surface area contributed by atoms with Crippen LogP contribution in [0.2, 0.25) is 0 Å². The Bertz CT molecular complexity index is 794. The number of pyridine rings is 2. The molecule has 0 aromatic carbocycles. The van der Waals surface area contributed by atoms with Gasteiger partial charge in [-0.3, -0.25) is 14.6 Å². The van der Waals surface area contributed by atoms with Crippen molar-refractivity contribution in [1.29, 1.82) is 0 Å². The van der Waals surface area contributed by atoms with Crippen LogP contribution in [0.3, 0.4) is 0 Å². The lowest BCUT2D eigenvalue weighted by molar-refractivity contribution is -0.129. The number of nitrogens with zero attached hydrogens (tertiary/aromatic N) is 2. The Morgan fingerprint density at radius 1 is 1.46 bits per heavy atom. The summed E-state index contributed by atoms with van der Waals surface area (Å²) in [5.41, 5.74) is 7.23. The number of nitrogens with one attached hydrogen (secondary N) is 2. The van der Waals surface area contributed by atoms with Crippen molar-refractivity contribution in [1.82, 2.24) is 14.9 Å². The van der Waals surface area contributed by atoms with Gasteiger partial charge in [-0.05, 0) is 18.2 Å². The molecule has 0 radical (unpaired) electrons. The first-order valence-electron chi connectivity index (χ1n) is 7.73. The number of carbonyl (C=O) groups excluding carboxylic acids is 1. The third-order valence-electron chi connectivity index (χ3n) is 3.81. The summed E-state index contributed by atoms with van der Waals surface area (Å²) in [5, 5.41) is 3.18. The summed E-state index contributed by atoms with van der Waals surface area (Å²) < 4.78 is 0. The molecule has 7 heteroatoms. The first-order valence-corrected chi connectivity index (χ1v) is 7.73. The monoisotopic (exact) mass is 325 g/mol. The van der Waals surface area contributed by atoms with E-state index in [9.17, 15) is 9.59 Å². The molecular weight excluding hydrogens is 306 g/mol. The number of likely N-dealkylation sites (tertiary alicyclic amines) is 1. The van der Waals surface area contributed by atoms with Gasteiger partial charge in [0.2, 0.25) is 5.91 Å². The number of hydrogen-bond donors (Lipinski definition) is 3. The van der Waals surface area contributed by atoms with Crippen LogP contribution in [-0.4, -0.2) is 46.5 Å². The average molecular weight is 325 g/mol. The highest BCUT2D eigenvalue weighted by atomic mass is 16.2. The number of hydrogen-bond acceptors (Lipinski definition) is 5. The van der Waals surface area contributed by atoms with E-state index in [2.05, 4.69) is 15.3 Å². The number of rotatable bonds is 5. The van der Waals surface area contributed by atoms with E-state index in [1.54, 1.807) is 29.4 Å². The minimum absolute atomic E-state index is 0.0558. The zero-order chi connectivity index (χ0) is 16.9. The van der Waals surface area contributed by atoms with Crippen molar-refractivity contribution in [2.24, 2.45) is 5.73 Å². The molecule has 0 spiro atoms. The van der Waals surface area contributed by atoms with Gasteiger partial charge >= 0.3 is 0 Å². The topological polar surface area (TPSA) is 104 Å². The highest BCUT2D eigenvalue weighted by molar-refractivity contribution is 5.88. The summed E-state index contributed by atoms with van der Waals surface area (Å²) in [7, 11) is 0. The summed E-state index contributed by atoms with van der Waals surface area (Å²) in [4.78, 5) is 32.4. The van der Waals surface area contributed by atoms with Gasteiger partial charge in [-0.15, -0.1) is 0 Å². The molecule has 3 heterocycles. The number of amides is 1. The zero-order valence-corrected chi connectivity index (χ0v) is 13.1. The minimum Gasteiger partial charge on any atom is -0.374 e. The van der Waals surface area contributed by atoms with E-state index < -0.39 is 0 Å². The average Bonchev–Trinajstić information content (AvgIpc) is 2.57. The van der Waals surface area contributed by atoms with Gasteiger partial charge in [-0.1, -0.05) is 12.1 Å². The molecule has 0 atom stereocenters. The fourth-order valence-electron chi connectivity index (χ4n) is 2.52. The second-order valence-corrected chi connectivity index (χ2v) is 5.57. The summed E-state index contributed by atoms with van der Waals surface area (Å²) in [6, 6.07) is 7.45. The van der Waals surface area contributed by atoms with E-state index in [0.717, 1.165) is 11.3 Å². The molecule has 7 nitrogen and oxygen atoms in total. The maximum atomic E-state index is 12.0. The van der Waals surface area contributed by atoms with Gasteiger partial charge in [0, 0.05) is 43.7 Å². The van der Waals surface area contributed by atoms with Crippen LogP contribution in [0, 0.1) is 0 Å². The predicted octanol–water partition coefficient (Wildman–Crippen LogP) is 0.574. The first kappa shape index (κ1) is 15.9. The van der Waals surface area contributed by atoms with Gasteiger partial charge in [-0.25, -0.2) is 0 Å². The molecule has 1 saturated heterocycles. The summed E-state index contributed by atoms with van der Waals surface area (Å²) >= 11 is 0. The van der Waals surface area contributed by atoms with E-state index >= 15 is 0 Å². The van der Waals surface area contributed by atoms with Crippen molar-refractivity contribution in [3.8, 4) is 11.3 Å². The van der Waals surface area contributed by atoms with Crippen LogP contribution in [0.25, 0.3) is 11.3 Å². The van der Waals surface area contributed by atoms with Gasteiger partial charge in [0.05, 0.1) is 11.7 Å². The number of anilines is 1. The van der Waals surface area contributed by atoms with Crippen LogP contribution in [0.1, 0.15) is 0 Å². The minimum atomic E-state index is -0.192. The molecule has 0 saturated carbocycles. The fourth-order valence-corrected chi connectivity index (χ4v) is 2.52. The van der Waals surface area contributed by atoms with Crippen LogP contribution in [-0.2, 0) is 4.79 Å². The summed E-state index contributed by atoms with van der Waals surface area (Å²) in [5.74, 6) is -0.0605. The highest BCUT2D eigenvalue weighted by Crippen LogP contribution is 2.19. The SMILES string of the molecule is NC/C=C/C(=O)N1CC(Nc2cc(-c3ccccn3)c[nH]c2=O)C1. The predicted molar refractivity (Wildman–Crippen MR) is 92.5 cm³/mol. The van der Waals surface area contributed by atoms with E-state index in [4.69, 9.17) is 5.73 Å². The molecule has 1 fully saturated rings. The van der Waals surface area contributed by atoms with Crippen molar-refractivity contribution in [3.63, 3.8) is 0 Å². The molecule has 4 N–H and O–H groups in total. The Kier molecular flexibility index (Phi) is 4.72. The fraction of sp³-hybridized carbons (Fsp3) is 0.235. The normalized spacial score (nSPS) is 14.6. The standard InChI is InChI=1S/C17H19N5O2/c18-6-3-5-16(23)22-10-13(11-22)21-15-8-12(9-20-17(15)24)14-4-1-2-7-19-14/h1-5,7-9,13,21H,6,10-11,18H2,(H,20,24)/b5-3+. The van der Waals surface area contributed by atoms with Crippen molar-refractivity contribution < 1.29 is 4.79 Å². The molecule has 24 heavy (non-hydrogen) atoms. The van der Waals surface area contributed by atoms with Gasteiger partial charge in [-0.2, -0.15) is 0 Å². The van der Waals surface area contributed by atoms with Gasteiger partial charge < -0.3 is 20.9 Å². The van der Waals surface area contributed by atoms with E-state index in [0.29, 0.717) is 25.3 Å². The number of aromatic nitrogens is 2. The summed E-state index contributed by atoms with van der Waals surface area (Å²) in [6.07, 6.45) is 6.46. The van der Waals surface area contributed by atoms with Crippen molar-refractivity contribution >= 4 is 11.6 Å². The highest BCUT2D eigenvalue weighted by Gasteiger charge is 2.29. The number of H-pyrrole nitrogens is 1. The molecule has 1 aliphatic heterocycles. The Morgan fingerprint density at radius 3 is 3.00 bits per heavy atom. The molecule has 2 aromatic heterocycles. The second kappa shape index (κ2) is 7.10. The third-order valence-corrected chi connectivity index (χ3v) is 3.81. The maximum absolute atomic E-state index is 12.0. The van der Waals surface area contributed by atoms with Crippen LogP contribution >= 0.6 is 0 Å². The quantitative estimate of drug-likeness (QED) is 0.697. The molecule has 0 bridgehead atoms. The van der Waals surface area contributed by atoms with Crippen molar-refractivity contribution in [2.45, 2.75) is 6.04 Å². The molecule has 1 aliphatic rings. The number of carbonyl (C=O) groups is 1. The van der Waals surface area contributed by atoms with Gasteiger partial charge in [0.1, 0.15) is 5.69 Å². The van der Waals surface area contributed by atoms with Crippen LogP contribution in [0.5, 0.6) is 0 Å². The van der Waals surface area contributed by atoms with E-state index in [1.807, 2.05) is 18.2 Å². The van der Waals surface area contributed by atoms with Gasteiger partial charge in [0.25, 0.3) is 5.56 Å². The largest absolute Gasteiger partial charge is 0.374 e. The Balaban J connectivity index is 1.66. The lowest BCUT2D eigenvalue weighted by atomic mass is 10.1. The lowest BCUT2D eigenvalue weighted by Gasteiger charge is -2.39. The lowest BCUT2D eigenvalue weighted by Crippen LogP contribution is -2.57. The van der Waals surface area contributed by atoms with Crippen LogP contribution < -0.4 is 16.6 Å². The van der Waals surface area contributed by atoms with E-state index in [1.165, 1.54) is 6.08 Å². The molecule has 3 rings (SSSR count). The first-order chi connectivity index (χ1) is 11.7. The van der Waals surface area contributed by atoms with Crippen LogP contribution in [0.15, 0.2) is 53.6 Å². The molecule has 1 amide bonds. The third kappa shape index (κ3) is 3.52.